The van der Waals surface area contributed by atoms with Crippen molar-refractivity contribution in [2.45, 2.75) is 38.8 Å². The van der Waals surface area contributed by atoms with Crippen molar-refractivity contribution in [2.24, 2.45) is 0 Å². The molecule has 0 saturated carbocycles. The third kappa shape index (κ3) is 4.68. The van der Waals surface area contributed by atoms with Crippen LogP contribution in [0.5, 0.6) is 0 Å². The Morgan fingerprint density at radius 3 is 2.50 bits per heavy atom. The molecule has 0 unspecified atom stereocenters. The Balaban J connectivity index is 2.04. The van der Waals surface area contributed by atoms with Crippen LogP contribution in [0.25, 0.3) is 0 Å². The standard InChI is InChI=1S/C18H24N2OS/c1-4-18(2,3)20-16(21)13-19-17(15-11-8-12-22-15)14-9-6-5-7-10-14/h5-12,17,19H,4,13H2,1-3H3,(H,20,21)/t17-/m0/s1. The van der Waals surface area contributed by atoms with Crippen molar-refractivity contribution in [2.75, 3.05) is 6.54 Å². The van der Waals surface area contributed by atoms with Gasteiger partial charge in [0.05, 0.1) is 12.6 Å². The smallest absolute Gasteiger partial charge is 0.234 e. The maximum atomic E-state index is 12.2. The molecular formula is C18H24N2OS. The molecule has 1 aromatic carbocycles. The van der Waals surface area contributed by atoms with E-state index in [9.17, 15) is 4.79 Å². The van der Waals surface area contributed by atoms with Gasteiger partial charge in [0.15, 0.2) is 0 Å². The van der Waals surface area contributed by atoms with Crippen molar-refractivity contribution < 1.29 is 4.79 Å². The largest absolute Gasteiger partial charge is 0.350 e. The van der Waals surface area contributed by atoms with E-state index in [2.05, 4.69) is 41.1 Å². The zero-order valence-corrected chi connectivity index (χ0v) is 14.2. The Morgan fingerprint density at radius 2 is 1.91 bits per heavy atom. The van der Waals surface area contributed by atoms with Crippen LogP contribution in [0, 0.1) is 0 Å². The highest BCUT2D eigenvalue weighted by atomic mass is 32.1. The van der Waals surface area contributed by atoms with E-state index in [4.69, 9.17) is 0 Å². The molecule has 4 heteroatoms. The van der Waals surface area contributed by atoms with Crippen molar-refractivity contribution in [1.82, 2.24) is 10.6 Å². The Hall–Kier alpha value is -1.65. The van der Waals surface area contributed by atoms with E-state index in [1.807, 2.05) is 38.1 Å². The number of thiophene rings is 1. The lowest BCUT2D eigenvalue weighted by Gasteiger charge is -2.25. The van der Waals surface area contributed by atoms with Crippen LogP contribution < -0.4 is 10.6 Å². The monoisotopic (exact) mass is 316 g/mol. The van der Waals surface area contributed by atoms with Gasteiger partial charge in [0.25, 0.3) is 0 Å². The minimum Gasteiger partial charge on any atom is -0.350 e. The van der Waals surface area contributed by atoms with E-state index in [1.54, 1.807) is 11.3 Å². The number of hydrogen-bond acceptors (Lipinski definition) is 3. The van der Waals surface area contributed by atoms with E-state index in [0.717, 1.165) is 6.42 Å². The van der Waals surface area contributed by atoms with Crippen molar-refractivity contribution in [1.29, 1.82) is 0 Å². The van der Waals surface area contributed by atoms with Gasteiger partial charge >= 0.3 is 0 Å². The quantitative estimate of drug-likeness (QED) is 0.817. The van der Waals surface area contributed by atoms with Crippen LogP contribution in [0.1, 0.15) is 43.7 Å². The second kappa shape index (κ2) is 7.56. The SMILES string of the molecule is CCC(C)(C)NC(=O)CN[C@@H](c1ccccc1)c1cccs1. The molecule has 2 rings (SSSR count). The maximum Gasteiger partial charge on any atom is 0.234 e. The van der Waals surface area contributed by atoms with Crippen LogP contribution in [-0.2, 0) is 4.79 Å². The molecule has 0 aliphatic rings. The van der Waals surface area contributed by atoms with Gasteiger partial charge in [-0.3, -0.25) is 10.1 Å². The molecule has 0 aliphatic carbocycles. The number of carbonyl (C=O) groups is 1. The number of amides is 1. The van der Waals surface area contributed by atoms with Gasteiger partial charge in [-0.25, -0.2) is 0 Å². The predicted molar refractivity (Wildman–Crippen MR) is 93.1 cm³/mol. The Bertz CT molecular complexity index is 578. The molecule has 2 N–H and O–H groups in total. The van der Waals surface area contributed by atoms with Gasteiger partial charge in [-0.2, -0.15) is 0 Å². The molecule has 0 spiro atoms. The number of hydrogen-bond donors (Lipinski definition) is 2. The van der Waals surface area contributed by atoms with E-state index < -0.39 is 0 Å². The van der Waals surface area contributed by atoms with Crippen LogP contribution in [0.3, 0.4) is 0 Å². The van der Waals surface area contributed by atoms with E-state index in [0.29, 0.717) is 6.54 Å². The lowest BCUT2D eigenvalue weighted by Crippen LogP contribution is -2.46. The van der Waals surface area contributed by atoms with Crippen molar-refractivity contribution >= 4 is 17.2 Å². The summed E-state index contributed by atoms with van der Waals surface area (Å²) in [5.74, 6) is 0.0318. The zero-order chi connectivity index (χ0) is 16.0. The summed E-state index contributed by atoms with van der Waals surface area (Å²) < 4.78 is 0. The number of benzene rings is 1. The average Bonchev–Trinajstić information content (AvgIpc) is 3.02. The second-order valence-electron chi connectivity index (χ2n) is 6.03. The molecule has 1 aromatic heterocycles. The number of carbonyl (C=O) groups excluding carboxylic acids is 1. The second-order valence-corrected chi connectivity index (χ2v) is 7.00. The molecule has 0 saturated heterocycles. The van der Waals surface area contributed by atoms with Gasteiger partial charge < -0.3 is 5.32 Å². The van der Waals surface area contributed by atoms with Crippen molar-refractivity contribution in [3.63, 3.8) is 0 Å². The Kier molecular flexibility index (Phi) is 5.75. The Labute approximate surface area is 136 Å². The fourth-order valence-electron chi connectivity index (χ4n) is 2.19. The number of nitrogens with one attached hydrogen (secondary N) is 2. The zero-order valence-electron chi connectivity index (χ0n) is 13.4. The molecular weight excluding hydrogens is 292 g/mol. The molecule has 2 aromatic rings. The predicted octanol–water partition coefficient (Wildman–Crippen LogP) is 3.73. The minimum absolute atomic E-state index is 0.0318. The Morgan fingerprint density at radius 1 is 1.18 bits per heavy atom. The summed E-state index contributed by atoms with van der Waals surface area (Å²) in [5, 5.41) is 8.51. The van der Waals surface area contributed by atoms with E-state index in [-0.39, 0.29) is 17.5 Å². The third-order valence-electron chi connectivity index (χ3n) is 3.79. The summed E-state index contributed by atoms with van der Waals surface area (Å²) in [5.41, 5.74) is 1.01. The van der Waals surface area contributed by atoms with E-state index >= 15 is 0 Å². The first-order valence-corrected chi connectivity index (χ1v) is 8.52. The van der Waals surface area contributed by atoms with Crippen LogP contribution in [-0.4, -0.2) is 18.0 Å². The number of rotatable bonds is 7. The summed E-state index contributed by atoms with van der Waals surface area (Å²) in [4.78, 5) is 13.4. The fourth-order valence-corrected chi connectivity index (χ4v) is 3.02. The summed E-state index contributed by atoms with van der Waals surface area (Å²) in [6, 6.07) is 14.4. The van der Waals surface area contributed by atoms with E-state index in [1.165, 1.54) is 10.4 Å². The van der Waals surface area contributed by atoms with Gasteiger partial charge in [-0.05, 0) is 37.3 Å². The third-order valence-corrected chi connectivity index (χ3v) is 4.73. The molecule has 1 atom stereocenters. The van der Waals surface area contributed by atoms with Gasteiger partial charge in [0, 0.05) is 10.4 Å². The van der Waals surface area contributed by atoms with Gasteiger partial charge in [-0.1, -0.05) is 43.3 Å². The molecule has 3 nitrogen and oxygen atoms in total. The first-order chi connectivity index (χ1) is 10.5. The molecule has 0 bridgehead atoms. The summed E-state index contributed by atoms with van der Waals surface area (Å²) >= 11 is 1.70. The maximum absolute atomic E-state index is 12.2. The van der Waals surface area contributed by atoms with Crippen LogP contribution in [0.4, 0.5) is 0 Å². The first kappa shape index (κ1) is 16.7. The van der Waals surface area contributed by atoms with Gasteiger partial charge in [0.2, 0.25) is 5.91 Å². The lowest BCUT2D eigenvalue weighted by atomic mass is 10.0. The van der Waals surface area contributed by atoms with Crippen LogP contribution >= 0.6 is 11.3 Å². The summed E-state index contributed by atoms with van der Waals surface area (Å²) in [6.45, 7) is 6.46. The highest BCUT2D eigenvalue weighted by Crippen LogP contribution is 2.25. The first-order valence-electron chi connectivity index (χ1n) is 7.64. The summed E-state index contributed by atoms with van der Waals surface area (Å²) in [6.07, 6.45) is 0.909. The highest BCUT2D eigenvalue weighted by molar-refractivity contribution is 7.10. The van der Waals surface area contributed by atoms with Crippen molar-refractivity contribution in [3.05, 3.63) is 58.3 Å². The molecule has 0 radical (unpaired) electrons. The minimum atomic E-state index is -0.163. The topological polar surface area (TPSA) is 41.1 Å². The molecule has 1 amide bonds. The van der Waals surface area contributed by atoms with Gasteiger partial charge in [0.1, 0.15) is 0 Å². The van der Waals surface area contributed by atoms with Crippen LogP contribution in [0.2, 0.25) is 0 Å². The molecule has 22 heavy (non-hydrogen) atoms. The summed E-state index contributed by atoms with van der Waals surface area (Å²) in [7, 11) is 0. The van der Waals surface area contributed by atoms with Crippen LogP contribution in [0.15, 0.2) is 47.8 Å². The van der Waals surface area contributed by atoms with Gasteiger partial charge in [-0.15, -0.1) is 11.3 Å². The molecule has 118 valence electrons. The van der Waals surface area contributed by atoms with Crippen molar-refractivity contribution in [3.8, 4) is 0 Å². The highest BCUT2D eigenvalue weighted by Gasteiger charge is 2.20. The lowest BCUT2D eigenvalue weighted by molar-refractivity contribution is -0.121. The molecule has 0 fully saturated rings. The fraction of sp³-hybridized carbons (Fsp3) is 0.389. The normalized spacial score (nSPS) is 12.9. The average molecular weight is 316 g/mol. The molecule has 1 heterocycles. The molecule has 0 aliphatic heterocycles.